The lowest BCUT2D eigenvalue weighted by molar-refractivity contribution is 0.572. The van der Waals surface area contributed by atoms with Crippen LogP contribution >= 0.6 is 15.9 Å². The van der Waals surface area contributed by atoms with Gasteiger partial charge in [-0.05, 0) is 53.9 Å². The van der Waals surface area contributed by atoms with Crippen molar-refractivity contribution in [3.63, 3.8) is 0 Å². The van der Waals surface area contributed by atoms with Crippen LogP contribution in [0.15, 0.2) is 22.7 Å². The molecule has 3 nitrogen and oxygen atoms in total. The first-order valence-electron chi connectivity index (χ1n) is 7.43. The summed E-state index contributed by atoms with van der Waals surface area (Å²) in [6.45, 7) is 5.33. The molecule has 2 rings (SSSR count). The molecule has 0 bridgehead atoms. The van der Waals surface area contributed by atoms with Gasteiger partial charge in [0.15, 0.2) is 0 Å². The highest BCUT2D eigenvalue weighted by molar-refractivity contribution is 9.10. The Bertz CT molecular complexity index is 475. The number of nitrogens with zero attached hydrogens (tertiary/aromatic N) is 2. The largest absolute Gasteiger partial charge is 0.369 e. The number of unbranched alkanes of at least 4 members (excludes halogenated alkanes) is 1. The Kier molecular flexibility index (Phi) is 5.87. The van der Waals surface area contributed by atoms with Crippen molar-refractivity contribution < 1.29 is 0 Å². The average molecular weight is 336 g/mol. The maximum Gasteiger partial charge on any atom is 0.103 e. The fourth-order valence-corrected chi connectivity index (χ4v) is 3.17. The van der Waals surface area contributed by atoms with E-state index >= 15 is 0 Å². The Hall–Kier alpha value is -1.05. The minimum atomic E-state index is 0.553. The molecule has 20 heavy (non-hydrogen) atoms. The molecule has 0 aromatic heterocycles. The lowest BCUT2D eigenvalue weighted by Gasteiger charge is -2.29. The molecule has 1 aromatic carbocycles. The lowest BCUT2D eigenvalue weighted by atomic mass is 10.1. The number of anilines is 1. The number of hydrogen-bond donors (Lipinski definition) is 1. The average Bonchev–Trinajstić information content (AvgIpc) is 2.96. The second-order valence-electron chi connectivity index (χ2n) is 5.34. The van der Waals surface area contributed by atoms with Crippen LogP contribution in [0.3, 0.4) is 0 Å². The topological polar surface area (TPSA) is 39.1 Å². The molecule has 1 unspecified atom stereocenters. The molecule has 1 fully saturated rings. The van der Waals surface area contributed by atoms with Crippen LogP contribution in [0.25, 0.3) is 0 Å². The van der Waals surface area contributed by atoms with Gasteiger partial charge in [-0.3, -0.25) is 0 Å². The third-order valence-electron chi connectivity index (χ3n) is 3.83. The summed E-state index contributed by atoms with van der Waals surface area (Å²) >= 11 is 3.49. The van der Waals surface area contributed by atoms with E-state index < -0.39 is 0 Å². The van der Waals surface area contributed by atoms with Crippen molar-refractivity contribution in [2.24, 2.45) is 0 Å². The second kappa shape index (κ2) is 7.66. The van der Waals surface area contributed by atoms with E-state index in [4.69, 9.17) is 0 Å². The molecule has 1 aliphatic heterocycles. The number of hydrogen-bond acceptors (Lipinski definition) is 3. The predicted molar refractivity (Wildman–Crippen MR) is 87.0 cm³/mol. The smallest absolute Gasteiger partial charge is 0.103 e. The first-order valence-corrected chi connectivity index (χ1v) is 8.22. The number of halogens is 1. The van der Waals surface area contributed by atoms with Crippen molar-refractivity contribution in [2.75, 3.05) is 24.5 Å². The zero-order chi connectivity index (χ0) is 14.4. The van der Waals surface area contributed by atoms with Gasteiger partial charge in [0, 0.05) is 23.6 Å². The Balaban J connectivity index is 2.21. The lowest BCUT2D eigenvalue weighted by Crippen LogP contribution is -2.38. The Morgan fingerprint density at radius 1 is 1.50 bits per heavy atom. The Labute approximate surface area is 130 Å². The number of nitriles is 1. The zero-order valence-electron chi connectivity index (χ0n) is 12.0. The van der Waals surface area contributed by atoms with Crippen LogP contribution in [-0.2, 0) is 0 Å². The molecule has 1 saturated heterocycles. The first-order chi connectivity index (χ1) is 9.76. The van der Waals surface area contributed by atoms with Gasteiger partial charge < -0.3 is 10.2 Å². The summed E-state index contributed by atoms with van der Waals surface area (Å²) in [5.74, 6) is 0. The summed E-state index contributed by atoms with van der Waals surface area (Å²) in [6, 6.07) is 8.91. The molecule has 0 spiro atoms. The van der Waals surface area contributed by atoms with Crippen LogP contribution in [0.2, 0.25) is 0 Å². The summed E-state index contributed by atoms with van der Waals surface area (Å²) in [5.41, 5.74) is 1.81. The fourth-order valence-electron chi connectivity index (χ4n) is 2.72. The van der Waals surface area contributed by atoms with Crippen LogP contribution in [0, 0.1) is 11.3 Å². The van der Waals surface area contributed by atoms with E-state index in [2.05, 4.69) is 45.2 Å². The third-order valence-corrected chi connectivity index (χ3v) is 4.49. The van der Waals surface area contributed by atoms with Crippen LogP contribution in [0.1, 0.15) is 38.2 Å². The van der Waals surface area contributed by atoms with Gasteiger partial charge in [0.1, 0.15) is 6.07 Å². The molecule has 4 heteroatoms. The summed E-state index contributed by atoms with van der Waals surface area (Å²) in [7, 11) is 0. The summed E-state index contributed by atoms with van der Waals surface area (Å²) in [6.07, 6.45) is 4.82. The minimum Gasteiger partial charge on any atom is -0.369 e. The maximum atomic E-state index is 9.41. The molecule has 1 aromatic rings. The molecule has 1 heterocycles. The normalized spacial score (nSPS) is 17.9. The van der Waals surface area contributed by atoms with Gasteiger partial charge in [0.05, 0.1) is 11.3 Å². The van der Waals surface area contributed by atoms with Crippen molar-refractivity contribution in [1.82, 2.24) is 5.32 Å². The van der Waals surface area contributed by atoms with E-state index in [1.807, 2.05) is 12.1 Å². The predicted octanol–water partition coefficient (Wildman–Crippen LogP) is 3.68. The van der Waals surface area contributed by atoms with Gasteiger partial charge in [-0.1, -0.05) is 19.4 Å². The quantitative estimate of drug-likeness (QED) is 0.861. The highest BCUT2D eigenvalue weighted by Crippen LogP contribution is 2.28. The van der Waals surface area contributed by atoms with Crippen molar-refractivity contribution in [2.45, 2.75) is 38.6 Å². The SMILES string of the molecule is CCCCN(CC1CCCN1)c1cccc(Br)c1C#N. The van der Waals surface area contributed by atoms with Gasteiger partial charge >= 0.3 is 0 Å². The minimum absolute atomic E-state index is 0.553. The molecule has 0 saturated carbocycles. The first kappa shape index (κ1) is 15.3. The number of benzene rings is 1. The maximum absolute atomic E-state index is 9.41. The van der Waals surface area contributed by atoms with Crippen molar-refractivity contribution in [3.8, 4) is 6.07 Å². The van der Waals surface area contributed by atoms with E-state index in [0.29, 0.717) is 6.04 Å². The van der Waals surface area contributed by atoms with Gasteiger partial charge in [-0.2, -0.15) is 5.26 Å². The highest BCUT2D eigenvalue weighted by Gasteiger charge is 2.20. The highest BCUT2D eigenvalue weighted by atomic mass is 79.9. The summed E-state index contributed by atoms with van der Waals surface area (Å²) < 4.78 is 0.887. The molecule has 1 aliphatic rings. The monoisotopic (exact) mass is 335 g/mol. The van der Waals surface area contributed by atoms with E-state index in [1.54, 1.807) is 0 Å². The molecule has 0 amide bonds. The van der Waals surface area contributed by atoms with Gasteiger partial charge in [0.2, 0.25) is 0 Å². The molecule has 0 aliphatic carbocycles. The molecular formula is C16H22BrN3. The van der Waals surface area contributed by atoms with Crippen molar-refractivity contribution in [3.05, 3.63) is 28.2 Å². The van der Waals surface area contributed by atoms with Crippen LogP contribution in [0.4, 0.5) is 5.69 Å². The third kappa shape index (κ3) is 3.74. The van der Waals surface area contributed by atoms with Crippen LogP contribution in [0.5, 0.6) is 0 Å². The number of nitrogens with one attached hydrogen (secondary N) is 1. The molecular weight excluding hydrogens is 314 g/mol. The Morgan fingerprint density at radius 2 is 2.35 bits per heavy atom. The Morgan fingerprint density at radius 3 is 3.00 bits per heavy atom. The van der Waals surface area contributed by atoms with Crippen LogP contribution < -0.4 is 10.2 Å². The van der Waals surface area contributed by atoms with E-state index in [9.17, 15) is 5.26 Å². The summed E-state index contributed by atoms with van der Waals surface area (Å²) in [5, 5.41) is 13.0. The van der Waals surface area contributed by atoms with Crippen molar-refractivity contribution in [1.29, 1.82) is 5.26 Å². The standard InChI is InChI=1S/C16H22BrN3/c1-2-3-10-20(12-13-6-5-9-19-13)16-8-4-7-15(17)14(16)11-18/h4,7-8,13,19H,2-3,5-6,9-10,12H2,1H3. The molecule has 1 atom stereocenters. The molecule has 108 valence electrons. The van der Waals surface area contributed by atoms with E-state index in [1.165, 1.54) is 19.3 Å². The fraction of sp³-hybridized carbons (Fsp3) is 0.562. The van der Waals surface area contributed by atoms with Gasteiger partial charge in [-0.15, -0.1) is 0 Å². The number of rotatable bonds is 6. The zero-order valence-corrected chi connectivity index (χ0v) is 13.6. The van der Waals surface area contributed by atoms with Crippen LogP contribution in [-0.4, -0.2) is 25.7 Å². The second-order valence-corrected chi connectivity index (χ2v) is 6.19. The van der Waals surface area contributed by atoms with Gasteiger partial charge in [0.25, 0.3) is 0 Å². The van der Waals surface area contributed by atoms with Gasteiger partial charge in [-0.25, -0.2) is 0 Å². The molecule has 0 radical (unpaired) electrons. The van der Waals surface area contributed by atoms with E-state index in [0.717, 1.165) is 41.8 Å². The summed E-state index contributed by atoms with van der Waals surface area (Å²) in [4.78, 5) is 2.37. The van der Waals surface area contributed by atoms with E-state index in [-0.39, 0.29) is 0 Å². The van der Waals surface area contributed by atoms with Crippen molar-refractivity contribution >= 4 is 21.6 Å². The molecule has 1 N–H and O–H groups in total.